The number of nitrogens with zero attached hydrogens (tertiary/aromatic N) is 2. The molecule has 4 rings (SSSR count). The van der Waals surface area contributed by atoms with E-state index >= 15 is 0 Å². The Morgan fingerprint density at radius 2 is 1.97 bits per heavy atom. The van der Waals surface area contributed by atoms with Crippen LogP contribution in [0.4, 0.5) is 0 Å². The Kier molecular flexibility index (Phi) is 5.47. The summed E-state index contributed by atoms with van der Waals surface area (Å²) >= 11 is 1.45. The van der Waals surface area contributed by atoms with Crippen LogP contribution in [0.1, 0.15) is 11.1 Å². The van der Waals surface area contributed by atoms with Gasteiger partial charge in [0.15, 0.2) is 0 Å². The van der Waals surface area contributed by atoms with E-state index in [-0.39, 0.29) is 18.7 Å². The summed E-state index contributed by atoms with van der Waals surface area (Å²) in [5.41, 5.74) is 3.80. The molecule has 1 N–H and O–H groups in total. The van der Waals surface area contributed by atoms with Crippen LogP contribution in [0.25, 0.3) is 21.3 Å². The van der Waals surface area contributed by atoms with Crippen molar-refractivity contribution in [1.82, 2.24) is 9.55 Å². The molecule has 4 aromatic rings. The van der Waals surface area contributed by atoms with Crippen LogP contribution < -0.4 is 10.3 Å². The van der Waals surface area contributed by atoms with Crippen molar-refractivity contribution in [3.05, 3.63) is 81.7 Å². The van der Waals surface area contributed by atoms with Crippen molar-refractivity contribution >= 4 is 21.6 Å². The van der Waals surface area contributed by atoms with Crippen molar-refractivity contribution in [2.24, 2.45) is 0 Å². The highest BCUT2D eigenvalue weighted by Crippen LogP contribution is 2.30. The second kappa shape index (κ2) is 8.19. The van der Waals surface area contributed by atoms with E-state index in [4.69, 9.17) is 4.74 Å². The van der Waals surface area contributed by atoms with Crippen molar-refractivity contribution in [2.45, 2.75) is 26.5 Å². The Labute approximate surface area is 172 Å². The van der Waals surface area contributed by atoms with E-state index in [2.05, 4.69) is 4.98 Å². The van der Waals surface area contributed by atoms with Crippen LogP contribution in [-0.2, 0) is 6.54 Å². The number of hydrogen-bond acceptors (Lipinski definition) is 5. The summed E-state index contributed by atoms with van der Waals surface area (Å²) in [6.07, 6.45) is 0.669. The lowest BCUT2D eigenvalue weighted by atomic mass is 10.1. The first-order valence-corrected chi connectivity index (χ1v) is 10.3. The maximum atomic E-state index is 13.1. The molecule has 0 bridgehead atoms. The maximum Gasteiger partial charge on any atom is 0.262 e. The van der Waals surface area contributed by atoms with Gasteiger partial charge in [0.2, 0.25) is 0 Å². The van der Waals surface area contributed by atoms with Crippen LogP contribution in [0, 0.1) is 13.8 Å². The Morgan fingerprint density at radius 3 is 2.76 bits per heavy atom. The quantitative estimate of drug-likeness (QED) is 0.522. The van der Waals surface area contributed by atoms with Crippen LogP contribution in [0.5, 0.6) is 5.75 Å². The lowest BCUT2D eigenvalue weighted by Gasteiger charge is -2.15. The van der Waals surface area contributed by atoms with Gasteiger partial charge in [0, 0.05) is 10.9 Å². The predicted molar refractivity (Wildman–Crippen MR) is 117 cm³/mol. The van der Waals surface area contributed by atoms with Crippen molar-refractivity contribution in [3.63, 3.8) is 0 Å². The highest BCUT2D eigenvalue weighted by molar-refractivity contribution is 7.17. The second-order valence-corrected chi connectivity index (χ2v) is 7.99. The molecule has 0 amide bonds. The van der Waals surface area contributed by atoms with Gasteiger partial charge in [-0.2, -0.15) is 0 Å². The molecule has 1 atom stereocenters. The third-order valence-corrected chi connectivity index (χ3v) is 5.71. The zero-order chi connectivity index (χ0) is 20.4. The molecular weight excluding hydrogens is 384 g/mol. The van der Waals surface area contributed by atoms with E-state index in [1.807, 2.05) is 67.8 Å². The number of benzene rings is 2. The molecule has 5 nitrogen and oxygen atoms in total. The third kappa shape index (κ3) is 4.09. The SMILES string of the molecule is Cc1ccc(C)c(OC[C@@H](O)Cn2cnc3scc(-c4ccccc4)c3c2=O)c1. The minimum absolute atomic E-state index is 0.101. The number of ether oxygens (including phenoxy) is 1. The van der Waals surface area contributed by atoms with Gasteiger partial charge in [-0.05, 0) is 36.6 Å². The fourth-order valence-electron chi connectivity index (χ4n) is 3.26. The summed E-state index contributed by atoms with van der Waals surface area (Å²) in [7, 11) is 0. The zero-order valence-corrected chi connectivity index (χ0v) is 17.1. The summed E-state index contributed by atoms with van der Waals surface area (Å²) in [5.74, 6) is 0.745. The second-order valence-electron chi connectivity index (χ2n) is 7.13. The molecule has 2 aromatic carbocycles. The van der Waals surface area contributed by atoms with E-state index < -0.39 is 6.10 Å². The Morgan fingerprint density at radius 1 is 1.17 bits per heavy atom. The standard InChI is InChI=1S/C23H22N2O3S/c1-15-8-9-16(2)20(10-15)28-12-18(26)11-25-14-24-22-21(23(25)27)19(13-29-22)17-6-4-3-5-7-17/h3-10,13-14,18,26H,11-12H2,1-2H3/t18-/m0/s1. The molecule has 0 saturated heterocycles. The number of rotatable bonds is 6. The van der Waals surface area contributed by atoms with Gasteiger partial charge in [0.25, 0.3) is 5.56 Å². The summed E-state index contributed by atoms with van der Waals surface area (Å²) in [6.45, 7) is 4.18. The van der Waals surface area contributed by atoms with Gasteiger partial charge in [-0.25, -0.2) is 4.98 Å². The molecule has 0 radical (unpaired) electrons. The first-order valence-electron chi connectivity index (χ1n) is 9.43. The van der Waals surface area contributed by atoms with Crippen LogP contribution in [-0.4, -0.2) is 27.4 Å². The zero-order valence-electron chi connectivity index (χ0n) is 16.3. The Balaban J connectivity index is 1.56. The summed E-state index contributed by atoms with van der Waals surface area (Å²) < 4.78 is 7.23. The lowest BCUT2D eigenvalue weighted by Crippen LogP contribution is -2.30. The van der Waals surface area contributed by atoms with Crippen molar-refractivity contribution < 1.29 is 9.84 Å². The fraction of sp³-hybridized carbons (Fsp3) is 0.217. The summed E-state index contributed by atoms with van der Waals surface area (Å²) in [6, 6.07) is 15.7. The van der Waals surface area contributed by atoms with Crippen molar-refractivity contribution in [3.8, 4) is 16.9 Å². The number of thiophene rings is 1. The van der Waals surface area contributed by atoms with Crippen molar-refractivity contribution in [2.75, 3.05) is 6.61 Å². The van der Waals surface area contributed by atoms with Crippen LogP contribution >= 0.6 is 11.3 Å². The maximum absolute atomic E-state index is 13.1. The number of aliphatic hydroxyl groups is 1. The fourth-order valence-corrected chi connectivity index (χ4v) is 4.16. The molecular formula is C23H22N2O3S. The highest BCUT2D eigenvalue weighted by Gasteiger charge is 2.15. The van der Waals surface area contributed by atoms with Gasteiger partial charge in [-0.15, -0.1) is 11.3 Å². The van der Waals surface area contributed by atoms with Crippen molar-refractivity contribution in [1.29, 1.82) is 0 Å². The normalized spacial score (nSPS) is 12.2. The minimum Gasteiger partial charge on any atom is -0.491 e. The molecule has 6 heteroatoms. The van der Waals surface area contributed by atoms with E-state index in [1.54, 1.807) is 0 Å². The molecule has 0 unspecified atom stereocenters. The topological polar surface area (TPSA) is 64.3 Å². The van der Waals surface area contributed by atoms with Gasteiger partial charge < -0.3 is 9.84 Å². The summed E-state index contributed by atoms with van der Waals surface area (Å²) in [5, 5.41) is 13.0. The minimum atomic E-state index is -0.828. The van der Waals surface area contributed by atoms with Gasteiger partial charge in [0.1, 0.15) is 23.3 Å². The van der Waals surface area contributed by atoms with E-state index in [0.717, 1.165) is 28.0 Å². The summed E-state index contributed by atoms with van der Waals surface area (Å²) in [4.78, 5) is 18.2. The molecule has 2 heterocycles. The lowest BCUT2D eigenvalue weighted by molar-refractivity contribution is 0.0911. The first-order chi connectivity index (χ1) is 14.0. The smallest absolute Gasteiger partial charge is 0.262 e. The van der Waals surface area contributed by atoms with Crippen LogP contribution in [0.2, 0.25) is 0 Å². The number of fused-ring (bicyclic) bond motifs is 1. The molecule has 0 aliphatic rings. The largest absolute Gasteiger partial charge is 0.491 e. The van der Waals surface area contributed by atoms with Gasteiger partial charge in [0.05, 0.1) is 18.3 Å². The molecule has 0 saturated carbocycles. The van der Waals surface area contributed by atoms with E-state index in [9.17, 15) is 9.90 Å². The molecule has 2 aromatic heterocycles. The van der Waals surface area contributed by atoms with E-state index in [0.29, 0.717) is 10.2 Å². The van der Waals surface area contributed by atoms with Gasteiger partial charge in [-0.1, -0.05) is 42.5 Å². The van der Waals surface area contributed by atoms with Gasteiger partial charge in [-0.3, -0.25) is 9.36 Å². The molecule has 0 spiro atoms. The van der Waals surface area contributed by atoms with E-state index in [1.165, 1.54) is 22.2 Å². The number of hydrogen-bond donors (Lipinski definition) is 1. The molecule has 148 valence electrons. The average Bonchev–Trinajstić information content (AvgIpc) is 3.16. The predicted octanol–water partition coefficient (Wildman–Crippen LogP) is 4.18. The molecule has 0 aliphatic heterocycles. The number of aromatic nitrogens is 2. The van der Waals surface area contributed by atoms with Crippen LogP contribution in [0.15, 0.2) is 65.0 Å². The highest BCUT2D eigenvalue weighted by atomic mass is 32.1. The number of aryl methyl sites for hydroxylation is 2. The molecule has 0 fully saturated rings. The number of aliphatic hydroxyl groups excluding tert-OH is 1. The van der Waals surface area contributed by atoms with Gasteiger partial charge >= 0.3 is 0 Å². The molecule has 0 aliphatic carbocycles. The first kappa shape index (κ1) is 19.4. The Hall–Kier alpha value is -2.96. The van der Waals surface area contributed by atoms with Crippen LogP contribution in [0.3, 0.4) is 0 Å². The average molecular weight is 407 g/mol. The Bertz CT molecular complexity index is 1200. The monoisotopic (exact) mass is 406 g/mol. The molecule has 29 heavy (non-hydrogen) atoms. The third-order valence-electron chi connectivity index (χ3n) is 4.83.